The fraction of sp³-hybridized carbons (Fsp3) is 0.111. The number of pyridine rings is 1. The van der Waals surface area contributed by atoms with Crippen molar-refractivity contribution in [2.75, 3.05) is 11.6 Å². The predicted octanol–water partition coefficient (Wildman–Crippen LogP) is 1.44. The van der Waals surface area contributed by atoms with Crippen molar-refractivity contribution < 1.29 is 0 Å². The zero-order chi connectivity index (χ0) is 8.23. The molecule has 12 heavy (non-hydrogen) atoms. The largest absolute Gasteiger partial charge is 0.265 e. The minimum Gasteiger partial charge on any atom is -0.265 e. The van der Waals surface area contributed by atoms with Crippen LogP contribution in [0.1, 0.15) is 0 Å². The Labute approximate surface area is 71.0 Å². The van der Waals surface area contributed by atoms with Gasteiger partial charge in [-0.25, -0.2) is 0 Å². The molecule has 3 heteroatoms. The Bertz CT molecular complexity index is 303. The van der Waals surface area contributed by atoms with Crippen LogP contribution >= 0.6 is 0 Å². The summed E-state index contributed by atoms with van der Waals surface area (Å²) in [4.78, 5) is 3.94. The Morgan fingerprint density at radius 1 is 1.25 bits per heavy atom. The van der Waals surface area contributed by atoms with Gasteiger partial charge < -0.3 is 0 Å². The summed E-state index contributed by atoms with van der Waals surface area (Å²) in [6, 6.07) is 3.88. The minimum absolute atomic E-state index is 0.834. The summed E-state index contributed by atoms with van der Waals surface area (Å²) in [5.41, 5.74) is 1.07. The first-order valence-corrected chi connectivity index (χ1v) is 3.83. The van der Waals surface area contributed by atoms with Crippen LogP contribution in [0, 0.1) is 0 Å². The fourth-order valence-electron chi connectivity index (χ4n) is 1.08. The highest BCUT2D eigenvalue weighted by molar-refractivity contribution is 5.74. The third-order valence-electron chi connectivity index (χ3n) is 1.67. The van der Waals surface area contributed by atoms with Gasteiger partial charge in [-0.05, 0) is 18.2 Å². The SMILES string of the molecule is C1=CCN(c2ccncc2)N=C1. The Morgan fingerprint density at radius 2 is 2.08 bits per heavy atom. The summed E-state index contributed by atoms with van der Waals surface area (Å²) in [6.07, 6.45) is 9.32. The van der Waals surface area contributed by atoms with Crippen molar-refractivity contribution >= 4 is 11.9 Å². The van der Waals surface area contributed by atoms with Crippen LogP contribution in [0.2, 0.25) is 0 Å². The Kier molecular flexibility index (Phi) is 1.86. The van der Waals surface area contributed by atoms with Gasteiger partial charge in [0.15, 0.2) is 0 Å². The first-order valence-electron chi connectivity index (χ1n) is 3.83. The van der Waals surface area contributed by atoms with E-state index in [2.05, 4.69) is 16.2 Å². The lowest BCUT2D eigenvalue weighted by Crippen LogP contribution is -2.18. The first kappa shape index (κ1) is 7.03. The average molecular weight is 159 g/mol. The molecule has 1 aliphatic heterocycles. The van der Waals surface area contributed by atoms with Crippen LogP contribution in [0.15, 0.2) is 41.8 Å². The lowest BCUT2D eigenvalue weighted by Gasteiger charge is -2.18. The topological polar surface area (TPSA) is 28.5 Å². The Hall–Kier alpha value is -1.64. The zero-order valence-electron chi connectivity index (χ0n) is 6.59. The molecule has 0 N–H and O–H groups in total. The molecular weight excluding hydrogens is 150 g/mol. The number of hydrogen-bond donors (Lipinski definition) is 0. The highest BCUT2D eigenvalue weighted by Gasteiger charge is 2.02. The monoisotopic (exact) mass is 159 g/mol. The molecule has 0 unspecified atom stereocenters. The molecule has 0 fully saturated rings. The molecule has 2 rings (SSSR count). The van der Waals surface area contributed by atoms with Crippen molar-refractivity contribution in [2.24, 2.45) is 5.10 Å². The molecule has 60 valence electrons. The molecule has 1 aromatic rings. The molecule has 0 bridgehead atoms. The van der Waals surface area contributed by atoms with Gasteiger partial charge in [-0.15, -0.1) is 0 Å². The normalized spacial score (nSPS) is 15.2. The Morgan fingerprint density at radius 3 is 2.75 bits per heavy atom. The van der Waals surface area contributed by atoms with Crippen molar-refractivity contribution in [3.05, 3.63) is 36.7 Å². The highest BCUT2D eigenvalue weighted by Crippen LogP contribution is 2.12. The van der Waals surface area contributed by atoms with Crippen molar-refractivity contribution in [1.82, 2.24) is 4.98 Å². The van der Waals surface area contributed by atoms with Crippen LogP contribution < -0.4 is 5.01 Å². The molecule has 0 aromatic carbocycles. The van der Waals surface area contributed by atoms with Gasteiger partial charge in [0.2, 0.25) is 0 Å². The van der Waals surface area contributed by atoms with Crippen LogP contribution in [0.3, 0.4) is 0 Å². The minimum atomic E-state index is 0.834. The summed E-state index contributed by atoms with van der Waals surface area (Å²) in [5.74, 6) is 0. The third kappa shape index (κ3) is 1.34. The quantitative estimate of drug-likeness (QED) is 0.620. The first-order chi connectivity index (χ1) is 5.97. The van der Waals surface area contributed by atoms with E-state index in [1.165, 1.54) is 0 Å². The number of hydrogen-bond acceptors (Lipinski definition) is 3. The van der Waals surface area contributed by atoms with E-state index in [9.17, 15) is 0 Å². The summed E-state index contributed by atoms with van der Waals surface area (Å²) in [7, 11) is 0. The fourth-order valence-corrected chi connectivity index (χ4v) is 1.08. The number of allylic oxidation sites excluding steroid dienone is 1. The van der Waals surface area contributed by atoms with E-state index in [-0.39, 0.29) is 0 Å². The smallest absolute Gasteiger partial charge is 0.0628 e. The molecular formula is C9H9N3. The number of rotatable bonds is 1. The number of aromatic nitrogens is 1. The van der Waals surface area contributed by atoms with Crippen molar-refractivity contribution in [3.8, 4) is 0 Å². The van der Waals surface area contributed by atoms with Gasteiger partial charge in [0, 0.05) is 18.6 Å². The molecule has 1 aliphatic rings. The van der Waals surface area contributed by atoms with E-state index < -0.39 is 0 Å². The highest BCUT2D eigenvalue weighted by atomic mass is 15.4. The standard InChI is InChI=1S/C9H9N3/c1-2-8-12(11-5-1)9-3-6-10-7-4-9/h1-7H,8H2. The second kappa shape index (κ2) is 3.17. The van der Waals surface area contributed by atoms with Crippen LogP contribution in [-0.2, 0) is 0 Å². The van der Waals surface area contributed by atoms with Gasteiger partial charge >= 0.3 is 0 Å². The van der Waals surface area contributed by atoms with Crippen LogP contribution in [0.4, 0.5) is 5.69 Å². The number of nitrogens with zero attached hydrogens (tertiary/aromatic N) is 3. The second-order valence-electron chi connectivity index (χ2n) is 2.48. The maximum absolute atomic E-state index is 4.19. The molecule has 3 nitrogen and oxygen atoms in total. The number of anilines is 1. The van der Waals surface area contributed by atoms with Crippen molar-refractivity contribution in [3.63, 3.8) is 0 Å². The maximum atomic E-state index is 4.19. The molecule has 0 radical (unpaired) electrons. The molecule has 2 heterocycles. The van der Waals surface area contributed by atoms with E-state index >= 15 is 0 Å². The van der Waals surface area contributed by atoms with Crippen LogP contribution in [0.5, 0.6) is 0 Å². The molecule has 0 atom stereocenters. The maximum Gasteiger partial charge on any atom is 0.0628 e. The van der Waals surface area contributed by atoms with Crippen LogP contribution in [-0.4, -0.2) is 17.7 Å². The summed E-state index contributed by atoms with van der Waals surface area (Å²) >= 11 is 0. The van der Waals surface area contributed by atoms with E-state index in [0.29, 0.717) is 0 Å². The van der Waals surface area contributed by atoms with Crippen molar-refractivity contribution in [1.29, 1.82) is 0 Å². The summed E-state index contributed by atoms with van der Waals surface area (Å²) < 4.78 is 0. The zero-order valence-corrected chi connectivity index (χ0v) is 6.59. The van der Waals surface area contributed by atoms with Gasteiger partial charge in [-0.1, -0.05) is 6.08 Å². The van der Waals surface area contributed by atoms with Crippen LogP contribution in [0.25, 0.3) is 0 Å². The molecule has 0 saturated heterocycles. The molecule has 0 aliphatic carbocycles. The second-order valence-corrected chi connectivity index (χ2v) is 2.48. The van der Waals surface area contributed by atoms with E-state index in [1.807, 2.05) is 23.2 Å². The van der Waals surface area contributed by atoms with Gasteiger partial charge in [-0.3, -0.25) is 9.99 Å². The lowest BCUT2D eigenvalue weighted by atomic mass is 10.3. The average Bonchev–Trinajstić information content (AvgIpc) is 2.21. The van der Waals surface area contributed by atoms with Gasteiger partial charge in [0.25, 0.3) is 0 Å². The summed E-state index contributed by atoms with van der Waals surface area (Å²) in [5, 5.41) is 6.11. The Balaban J connectivity index is 2.21. The van der Waals surface area contributed by atoms with E-state index in [1.54, 1.807) is 18.6 Å². The summed E-state index contributed by atoms with van der Waals surface area (Å²) in [6.45, 7) is 0.834. The van der Waals surface area contributed by atoms with Crippen molar-refractivity contribution in [2.45, 2.75) is 0 Å². The molecule has 1 aromatic heterocycles. The number of hydrazone groups is 1. The molecule has 0 saturated carbocycles. The predicted molar refractivity (Wildman–Crippen MR) is 49.2 cm³/mol. The van der Waals surface area contributed by atoms with Gasteiger partial charge in [0.1, 0.15) is 0 Å². The van der Waals surface area contributed by atoms with Gasteiger partial charge in [0.05, 0.1) is 12.2 Å². The van der Waals surface area contributed by atoms with Gasteiger partial charge in [-0.2, -0.15) is 5.10 Å². The van der Waals surface area contributed by atoms with E-state index in [4.69, 9.17) is 0 Å². The lowest BCUT2D eigenvalue weighted by molar-refractivity contribution is 0.934. The molecule has 0 spiro atoms. The third-order valence-corrected chi connectivity index (χ3v) is 1.67. The van der Waals surface area contributed by atoms with E-state index in [0.717, 1.165) is 12.2 Å². The molecule has 0 amide bonds.